The molecule has 0 atom stereocenters. The minimum atomic E-state index is -0.829. The molecule has 0 saturated carbocycles. The molecule has 2 N–H and O–H groups in total. The predicted molar refractivity (Wildman–Crippen MR) is 44.6 cm³/mol. The Morgan fingerprint density at radius 1 is 1.55 bits per heavy atom. The van der Waals surface area contributed by atoms with Crippen LogP contribution in [-0.4, -0.2) is 24.2 Å². The van der Waals surface area contributed by atoms with Crippen LogP contribution >= 0.6 is 0 Å². The number of nitrogens with one attached hydrogen (secondary N) is 1. The molecule has 1 rings (SSSR count). The Kier molecular flexibility index (Phi) is 6.73. The average molecular weight is 157 g/mol. The van der Waals surface area contributed by atoms with Crippen molar-refractivity contribution in [3.63, 3.8) is 0 Å². The van der Waals surface area contributed by atoms with E-state index in [1.165, 1.54) is 32.0 Å². The van der Waals surface area contributed by atoms with Crippen molar-refractivity contribution in [1.29, 1.82) is 0 Å². The second-order valence-electron chi connectivity index (χ2n) is 2.34. The van der Waals surface area contributed by atoms with E-state index in [0.29, 0.717) is 0 Å². The summed E-state index contributed by atoms with van der Waals surface area (Å²) in [4.78, 5) is 9.53. The number of carbonyl (C=O) groups is 1. The Bertz CT molecular complexity index is 112. The van der Waals surface area contributed by atoms with Crippen molar-refractivity contribution in [2.24, 2.45) is 0 Å². The Morgan fingerprint density at radius 2 is 2.09 bits per heavy atom. The Balaban J connectivity index is 0.000000183. The minimum Gasteiger partial charge on any atom is -0.481 e. The summed E-state index contributed by atoms with van der Waals surface area (Å²) in [7, 11) is 0. The van der Waals surface area contributed by atoms with Crippen molar-refractivity contribution in [2.45, 2.75) is 19.3 Å². The first kappa shape index (κ1) is 10.2. The highest BCUT2D eigenvalue weighted by molar-refractivity contribution is 5.68. The summed E-state index contributed by atoms with van der Waals surface area (Å²) >= 11 is 0. The van der Waals surface area contributed by atoms with Crippen molar-refractivity contribution in [3.8, 4) is 0 Å². The molecule has 64 valence electrons. The van der Waals surface area contributed by atoms with E-state index in [9.17, 15) is 4.79 Å². The molecule has 0 unspecified atom stereocenters. The first-order chi connectivity index (χ1) is 5.27. The van der Waals surface area contributed by atoms with Gasteiger partial charge < -0.3 is 10.4 Å². The Labute approximate surface area is 67.1 Å². The van der Waals surface area contributed by atoms with Gasteiger partial charge in [0.15, 0.2) is 0 Å². The van der Waals surface area contributed by atoms with E-state index < -0.39 is 5.97 Å². The Hall–Kier alpha value is -0.830. The second-order valence-corrected chi connectivity index (χ2v) is 2.34. The van der Waals surface area contributed by atoms with Gasteiger partial charge in [-0.15, -0.1) is 6.58 Å². The fourth-order valence-corrected chi connectivity index (χ4v) is 0.748. The molecule has 0 amide bonds. The number of hydrogen-bond donors (Lipinski definition) is 2. The first-order valence-electron chi connectivity index (χ1n) is 3.80. The Morgan fingerprint density at radius 3 is 2.18 bits per heavy atom. The molecule has 0 aliphatic carbocycles. The fraction of sp³-hybridized carbons (Fsp3) is 0.625. The summed E-state index contributed by atoms with van der Waals surface area (Å²) in [5.74, 6) is -0.829. The minimum absolute atomic E-state index is 0.0556. The zero-order valence-electron chi connectivity index (χ0n) is 6.68. The van der Waals surface area contributed by atoms with E-state index in [0.717, 1.165) is 0 Å². The standard InChI is InChI=1S/C4H9N.C4H6O2/c1-2-4-5-3-1;1-2-3-4(5)6/h5H,1-4H2;2H,1,3H2,(H,5,6). The van der Waals surface area contributed by atoms with Crippen LogP contribution in [0.25, 0.3) is 0 Å². The van der Waals surface area contributed by atoms with Crippen LogP contribution in [0.2, 0.25) is 0 Å². The van der Waals surface area contributed by atoms with E-state index in [4.69, 9.17) is 5.11 Å². The highest BCUT2D eigenvalue weighted by Crippen LogP contribution is 1.90. The molecule has 3 heteroatoms. The molecule has 0 radical (unpaired) electrons. The molecule has 0 spiro atoms. The molecule has 1 fully saturated rings. The summed E-state index contributed by atoms with van der Waals surface area (Å²) in [6.45, 7) is 5.72. The van der Waals surface area contributed by atoms with E-state index in [2.05, 4.69) is 11.9 Å². The molecule has 3 nitrogen and oxygen atoms in total. The van der Waals surface area contributed by atoms with Crippen LogP contribution in [0.4, 0.5) is 0 Å². The number of carboxylic acids is 1. The molecule has 1 aliphatic heterocycles. The maximum absolute atomic E-state index is 9.53. The zero-order valence-corrected chi connectivity index (χ0v) is 6.68. The molecule has 0 aromatic rings. The van der Waals surface area contributed by atoms with Gasteiger partial charge in [-0.3, -0.25) is 4.79 Å². The normalized spacial score (nSPS) is 14.9. The number of aliphatic carboxylic acids is 1. The third-order valence-electron chi connectivity index (χ3n) is 1.28. The highest BCUT2D eigenvalue weighted by atomic mass is 16.4. The van der Waals surface area contributed by atoms with Crippen LogP contribution in [0.15, 0.2) is 12.7 Å². The van der Waals surface area contributed by atoms with E-state index in [-0.39, 0.29) is 6.42 Å². The van der Waals surface area contributed by atoms with Crippen LogP contribution < -0.4 is 5.32 Å². The molecule has 1 heterocycles. The van der Waals surface area contributed by atoms with Crippen molar-refractivity contribution >= 4 is 5.97 Å². The average Bonchev–Trinajstić information content (AvgIpc) is 2.41. The molecular formula is C8H15NO2. The molecule has 0 aromatic heterocycles. The molecule has 11 heavy (non-hydrogen) atoms. The summed E-state index contributed by atoms with van der Waals surface area (Å²) < 4.78 is 0. The van der Waals surface area contributed by atoms with E-state index in [1.54, 1.807) is 0 Å². The summed E-state index contributed by atoms with van der Waals surface area (Å²) in [6.07, 6.45) is 4.18. The lowest BCUT2D eigenvalue weighted by molar-refractivity contribution is -0.135. The van der Waals surface area contributed by atoms with Gasteiger partial charge in [0.2, 0.25) is 0 Å². The third kappa shape index (κ3) is 9.17. The molecule has 1 aliphatic rings. The zero-order chi connectivity index (χ0) is 8.53. The topological polar surface area (TPSA) is 49.3 Å². The van der Waals surface area contributed by atoms with E-state index >= 15 is 0 Å². The van der Waals surface area contributed by atoms with Gasteiger partial charge in [-0.1, -0.05) is 6.08 Å². The number of hydrogen-bond acceptors (Lipinski definition) is 2. The number of carboxylic acid groups (broad SMARTS) is 1. The summed E-state index contributed by atoms with van der Waals surface area (Å²) in [5.41, 5.74) is 0. The van der Waals surface area contributed by atoms with Crippen molar-refractivity contribution in [3.05, 3.63) is 12.7 Å². The van der Waals surface area contributed by atoms with Crippen molar-refractivity contribution < 1.29 is 9.90 Å². The smallest absolute Gasteiger partial charge is 0.307 e. The summed E-state index contributed by atoms with van der Waals surface area (Å²) in [6, 6.07) is 0. The van der Waals surface area contributed by atoms with Gasteiger partial charge in [-0.05, 0) is 25.9 Å². The van der Waals surface area contributed by atoms with Gasteiger partial charge in [0.05, 0.1) is 6.42 Å². The van der Waals surface area contributed by atoms with Gasteiger partial charge >= 0.3 is 5.97 Å². The van der Waals surface area contributed by atoms with Crippen LogP contribution in [0, 0.1) is 0 Å². The third-order valence-corrected chi connectivity index (χ3v) is 1.28. The second kappa shape index (κ2) is 7.28. The van der Waals surface area contributed by atoms with Crippen molar-refractivity contribution in [2.75, 3.05) is 13.1 Å². The monoisotopic (exact) mass is 157 g/mol. The van der Waals surface area contributed by atoms with Gasteiger partial charge in [0, 0.05) is 0 Å². The first-order valence-corrected chi connectivity index (χ1v) is 3.80. The van der Waals surface area contributed by atoms with Crippen LogP contribution in [0.1, 0.15) is 19.3 Å². The van der Waals surface area contributed by atoms with Gasteiger partial charge in [-0.2, -0.15) is 0 Å². The lowest BCUT2D eigenvalue weighted by Gasteiger charge is -1.76. The lowest BCUT2D eigenvalue weighted by atomic mass is 10.4. The van der Waals surface area contributed by atoms with Crippen LogP contribution in [0.3, 0.4) is 0 Å². The van der Waals surface area contributed by atoms with Crippen LogP contribution in [-0.2, 0) is 4.79 Å². The van der Waals surface area contributed by atoms with E-state index in [1.807, 2.05) is 0 Å². The fourth-order valence-electron chi connectivity index (χ4n) is 0.748. The van der Waals surface area contributed by atoms with Crippen molar-refractivity contribution in [1.82, 2.24) is 5.32 Å². The molecule has 1 saturated heterocycles. The molecule has 0 aromatic carbocycles. The van der Waals surface area contributed by atoms with Crippen LogP contribution in [0.5, 0.6) is 0 Å². The highest BCUT2D eigenvalue weighted by Gasteiger charge is 1.93. The SMILES string of the molecule is C1CCNC1.C=CCC(=O)O. The van der Waals surface area contributed by atoms with Gasteiger partial charge in [0.25, 0.3) is 0 Å². The molecular weight excluding hydrogens is 142 g/mol. The van der Waals surface area contributed by atoms with Gasteiger partial charge in [-0.25, -0.2) is 0 Å². The van der Waals surface area contributed by atoms with Gasteiger partial charge in [0.1, 0.15) is 0 Å². The molecule has 0 bridgehead atoms. The quantitative estimate of drug-likeness (QED) is 0.588. The lowest BCUT2D eigenvalue weighted by Crippen LogP contribution is -2.03. The maximum Gasteiger partial charge on any atom is 0.307 e. The largest absolute Gasteiger partial charge is 0.481 e. The summed E-state index contributed by atoms with van der Waals surface area (Å²) in [5, 5.41) is 11.1. The maximum atomic E-state index is 9.53. The number of rotatable bonds is 2. The predicted octanol–water partition coefficient (Wildman–Crippen LogP) is 1.02.